The lowest BCUT2D eigenvalue weighted by molar-refractivity contribution is 0.0693. The van der Waals surface area contributed by atoms with E-state index < -0.39 is 11.7 Å². The molecule has 0 atom stereocenters. The second-order valence-electron chi connectivity index (χ2n) is 2.70. The molecule has 1 rings (SSSR count). The van der Waals surface area contributed by atoms with E-state index >= 15 is 0 Å². The lowest BCUT2D eigenvalue weighted by Gasteiger charge is -2.03. The molecule has 1 aromatic carbocycles. The third-order valence-electron chi connectivity index (χ3n) is 1.71. The van der Waals surface area contributed by atoms with Gasteiger partial charge in [-0.2, -0.15) is 5.26 Å². The standard InChI is InChI=1S/C10H7NO4/c11-3-1-2-6-4-7(10(14)15)9(13)5-8(6)12/h1-2,4-5,12-13H,(H,14,15). The van der Waals surface area contributed by atoms with E-state index in [-0.39, 0.29) is 16.9 Å². The molecule has 0 aliphatic rings. The van der Waals surface area contributed by atoms with Crippen molar-refractivity contribution in [1.29, 1.82) is 5.26 Å². The van der Waals surface area contributed by atoms with E-state index in [1.807, 2.05) is 0 Å². The number of carboxylic acid groups (broad SMARTS) is 1. The number of aromatic carboxylic acids is 1. The quantitative estimate of drug-likeness (QED) is 0.632. The number of aromatic hydroxyl groups is 2. The first-order chi connectivity index (χ1) is 7.06. The van der Waals surface area contributed by atoms with Gasteiger partial charge in [-0.1, -0.05) is 0 Å². The maximum absolute atomic E-state index is 10.6. The number of rotatable bonds is 2. The highest BCUT2D eigenvalue weighted by Crippen LogP contribution is 2.28. The Morgan fingerprint density at radius 2 is 2.00 bits per heavy atom. The molecule has 76 valence electrons. The summed E-state index contributed by atoms with van der Waals surface area (Å²) in [5.41, 5.74) is -0.169. The van der Waals surface area contributed by atoms with Gasteiger partial charge in [0.1, 0.15) is 17.1 Å². The average molecular weight is 205 g/mol. The van der Waals surface area contributed by atoms with Crippen LogP contribution in [0.5, 0.6) is 11.5 Å². The molecule has 0 radical (unpaired) electrons. The van der Waals surface area contributed by atoms with Crippen LogP contribution in [0.3, 0.4) is 0 Å². The van der Waals surface area contributed by atoms with E-state index in [1.165, 1.54) is 6.08 Å². The van der Waals surface area contributed by atoms with Crippen LogP contribution in [0, 0.1) is 11.3 Å². The van der Waals surface area contributed by atoms with Gasteiger partial charge in [0.2, 0.25) is 0 Å². The minimum atomic E-state index is -1.31. The highest BCUT2D eigenvalue weighted by Gasteiger charge is 2.12. The molecule has 0 aromatic heterocycles. The maximum atomic E-state index is 10.6. The largest absolute Gasteiger partial charge is 0.507 e. The van der Waals surface area contributed by atoms with Crippen molar-refractivity contribution >= 4 is 12.0 Å². The van der Waals surface area contributed by atoms with Crippen molar-refractivity contribution in [1.82, 2.24) is 0 Å². The van der Waals surface area contributed by atoms with Crippen LogP contribution in [0.1, 0.15) is 15.9 Å². The lowest BCUT2D eigenvalue weighted by atomic mass is 10.1. The Bertz CT molecular complexity index is 471. The molecule has 0 spiro atoms. The van der Waals surface area contributed by atoms with Gasteiger partial charge in [-0.15, -0.1) is 0 Å². The smallest absolute Gasteiger partial charge is 0.339 e. The fraction of sp³-hybridized carbons (Fsp3) is 0. The Kier molecular flexibility index (Phi) is 2.94. The predicted octanol–water partition coefficient (Wildman–Crippen LogP) is 1.33. The molecule has 0 saturated carbocycles. The number of nitrogens with zero attached hydrogens (tertiary/aromatic N) is 1. The Labute approximate surface area is 85.1 Å². The van der Waals surface area contributed by atoms with Crippen LogP contribution in [-0.2, 0) is 0 Å². The van der Waals surface area contributed by atoms with Gasteiger partial charge in [0.15, 0.2) is 0 Å². The highest BCUT2D eigenvalue weighted by atomic mass is 16.4. The van der Waals surface area contributed by atoms with E-state index in [2.05, 4.69) is 0 Å². The lowest BCUT2D eigenvalue weighted by Crippen LogP contribution is -1.97. The van der Waals surface area contributed by atoms with Gasteiger partial charge >= 0.3 is 5.97 Å². The van der Waals surface area contributed by atoms with Crippen molar-refractivity contribution in [2.24, 2.45) is 0 Å². The van der Waals surface area contributed by atoms with Gasteiger partial charge in [-0.25, -0.2) is 4.79 Å². The number of hydrogen-bond acceptors (Lipinski definition) is 4. The normalized spacial score (nSPS) is 10.1. The minimum Gasteiger partial charge on any atom is -0.507 e. The molecule has 0 unspecified atom stereocenters. The zero-order valence-corrected chi connectivity index (χ0v) is 7.51. The second kappa shape index (κ2) is 4.15. The number of allylic oxidation sites excluding steroid dienone is 1. The van der Waals surface area contributed by atoms with Crippen molar-refractivity contribution < 1.29 is 20.1 Å². The van der Waals surface area contributed by atoms with Crippen molar-refractivity contribution in [3.8, 4) is 17.6 Å². The number of carbonyl (C=O) groups is 1. The van der Waals surface area contributed by atoms with Crippen LogP contribution in [-0.4, -0.2) is 21.3 Å². The highest BCUT2D eigenvalue weighted by molar-refractivity contribution is 5.92. The van der Waals surface area contributed by atoms with Gasteiger partial charge in [0.05, 0.1) is 6.07 Å². The van der Waals surface area contributed by atoms with E-state index in [0.717, 1.165) is 18.2 Å². The summed E-state index contributed by atoms with van der Waals surface area (Å²) in [5, 5.41) is 35.4. The molecule has 0 fully saturated rings. The number of benzene rings is 1. The Hall–Kier alpha value is -2.48. The van der Waals surface area contributed by atoms with E-state index in [1.54, 1.807) is 6.07 Å². The van der Waals surface area contributed by atoms with Crippen LogP contribution < -0.4 is 0 Å². The maximum Gasteiger partial charge on any atom is 0.339 e. The molecule has 0 aliphatic carbocycles. The number of phenolic OH excluding ortho intramolecular Hbond substituents is 1. The Balaban J connectivity index is 3.31. The summed E-state index contributed by atoms with van der Waals surface area (Å²) in [4.78, 5) is 10.6. The van der Waals surface area contributed by atoms with Crippen LogP contribution in [0.2, 0.25) is 0 Å². The minimum absolute atomic E-state index is 0.159. The van der Waals surface area contributed by atoms with Gasteiger partial charge in [0, 0.05) is 17.7 Å². The summed E-state index contributed by atoms with van der Waals surface area (Å²) in [7, 11) is 0. The van der Waals surface area contributed by atoms with E-state index in [0.29, 0.717) is 0 Å². The molecule has 0 bridgehead atoms. The summed E-state index contributed by atoms with van der Waals surface area (Å²) in [6.45, 7) is 0. The van der Waals surface area contributed by atoms with Crippen LogP contribution in [0.25, 0.3) is 6.08 Å². The second-order valence-corrected chi connectivity index (χ2v) is 2.70. The first-order valence-corrected chi connectivity index (χ1v) is 3.91. The molecule has 5 nitrogen and oxygen atoms in total. The number of phenols is 2. The number of hydrogen-bond donors (Lipinski definition) is 3. The number of carboxylic acids is 1. The van der Waals surface area contributed by atoms with Gasteiger partial charge in [-0.05, 0) is 12.1 Å². The summed E-state index contributed by atoms with van der Waals surface area (Å²) in [6.07, 6.45) is 2.35. The summed E-state index contributed by atoms with van der Waals surface area (Å²) < 4.78 is 0. The Morgan fingerprint density at radius 3 is 2.53 bits per heavy atom. The van der Waals surface area contributed by atoms with Crippen LogP contribution in [0.15, 0.2) is 18.2 Å². The fourth-order valence-electron chi connectivity index (χ4n) is 1.03. The first kappa shape index (κ1) is 10.6. The third-order valence-corrected chi connectivity index (χ3v) is 1.71. The summed E-state index contributed by atoms with van der Waals surface area (Å²) in [5.74, 6) is -2.11. The molecule has 3 N–H and O–H groups in total. The van der Waals surface area contributed by atoms with Gasteiger partial charge in [-0.3, -0.25) is 0 Å². The zero-order valence-electron chi connectivity index (χ0n) is 7.51. The van der Waals surface area contributed by atoms with Crippen LogP contribution >= 0.6 is 0 Å². The Morgan fingerprint density at radius 1 is 1.33 bits per heavy atom. The SMILES string of the molecule is N#CC=Cc1cc(C(=O)O)c(O)cc1O. The van der Waals surface area contributed by atoms with E-state index in [4.69, 9.17) is 10.4 Å². The molecular weight excluding hydrogens is 198 g/mol. The van der Waals surface area contributed by atoms with Crippen molar-refractivity contribution in [2.75, 3.05) is 0 Å². The van der Waals surface area contributed by atoms with Crippen molar-refractivity contribution in [3.05, 3.63) is 29.3 Å². The molecular formula is C10H7NO4. The van der Waals surface area contributed by atoms with Gasteiger partial charge in [0.25, 0.3) is 0 Å². The summed E-state index contributed by atoms with van der Waals surface area (Å²) >= 11 is 0. The fourth-order valence-corrected chi connectivity index (χ4v) is 1.03. The summed E-state index contributed by atoms with van der Waals surface area (Å²) in [6, 6.07) is 3.71. The predicted molar refractivity (Wildman–Crippen MR) is 51.4 cm³/mol. The van der Waals surface area contributed by atoms with Crippen molar-refractivity contribution in [2.45, 2.75) is 0 Å². The first-order valence-electron chi connectivity index (χ1n) is 3.91. The van der Waals surface area contributed by atoms with Crippen LogP contribution in [0.4, 0.5) is 0 Å². The molecule has 1 aromatic rings. The monoisotopic (exact) mass is 205 g/mol. The third kappa shape index (κ3) is 2.25. The topological polar surface area (TPSA) is 102 Å². The molecule has 5 heteroatoms. The molecule has 0 heterocycles. The molecule has 0 saturated heterocycles. The zero-order chi connectivity index (χ0) is 11.4. The van der Waals surface area contributed by atoms with Gasteiger partial charge < -0.3 is 15.3 Å². The van der Waals surface area contributed by atoms with Crippen molar-refractivity contribution in [3.63, 3.8) is 0 Å². The number of nitriles is 1. The average Bonchev–Trinajstić information content (AvgIpc) is 2.16. The molecule has 0 amide bonds. The van der Waals surface area contributed by atoms with E-state index in [9.17, 15) is 15.0 Å². The molecule has 15 heavy (non-hydrogen) atoms. The molecule has 0 aliphatic heterocycles.